The average Bonchev–Trinajstić information content (AvgIpc) is 2.41. The summed E-state index contributed by atoms with van der Waals surface area (Å²) in [5.74, 6) is 0. The summed E-state index contributed by atoms with van der Waals surface area (Å²) in [5, 5.41) is 10.8. The largest absolute Gasteiger partial charge is 0.389 e. The predicted octanol–water partition coefficient (Wildman–Crippen LogP) is 3.75. The number of fused-ring (bicyclic) bond motifs is 1. The molecule has 0 amide bonds. The molecule has 19 heavy (non-hydrogen) atoms. The van der Waals surface area contributed by atoms with Crippen LogP contribution in [0.25, 0.3) is 0 Å². The minimum Gasteiger partial charge on any atom is -0.389 e. The molecule has 0 bridgehead atoms. The zero-order valence-electron chi connectivity index (χ0n) is 10.8. The van der Waals surface area contributed by atoms with Crippen LogP contribution >= 0.6 is 22.6 Å². The molecule has 0 saturated heterocycles. The molecule has 0 fully saturated rings. The lowest BCUT2D eigenvalue weighted by Gasteiger charge is -2.33. The molecule has 1 aliphatic carbocycles. The first kappa shape index (κ1) is 13.1. The first-order valence-electron chi connectivity index (χ1n) is 6.68. The topological polar surface area (TPSA) is 20.2 Å². The van der Waals surface area contributed by atoms with E-state index in [9.17, 15) is 5.11 Å². The van der Waals surface area contributed by atoms with Crippen molar-refractivity contribution in [3.8, 4) is 0 Å². The molecule has 2 aromatic rings. The Labute approximate surface area is 127 Å². The molecule has 2 aromatic carbocycles. The Morgan fingerprint density at radius 1 is 1.00 bits per heavy atom. The fourth-order valence-corrected chi connectivity index (χ4v) is 3.28. The summed E-state index contributed by atoms with van der Waals surface area (Å²) in [4.78, 5) is 0. The molecule has 0 aliphatic heterocycles. The lowest BCUT2D eigenvalue weighted by atomic mass is 9.77. The summed E-state index contributed by atoms with van der Waals surface area (Å²) in [6, 6.07) is 16.9. The van der Waals surface area contributed by atoms with Gasteiger partial charge in [-0.15, -0.1) is 0 Å². The first-order valence-corrected chi connectivity index (χ1v) is 7.76. The fourth-order valence-electron chi connectivity index (χ4n) is 2.92. The van der Waals surface area contributed by atoms with Crippen LogP contribution in [-0.4, -0.2) is 10.7 Å². The molecule has 1 N–H and O–H groups in total. The summed E-state index contributed by atoms with van der Waals surface area (Å²) in [5.41, 5.74) is 3.35. The zero-order valence-corrected chi connectivity index (χ0v) is 12.9. The molecule has 0 saturated carbocycles. The van der Waals surface area contributed by atoms with Crippen LogP contribution in [0.2, 0.25) is 0 Å². The third-order valence-corrected chi connectivity index (χ3v) is 4.66. The Morgan fingerprint density at radius 2 is 1.68 bits per heavy atom. The number of benzene rings is 2. The van der Waals surface area contributed by atoms with Crippen LogP contribution in [0.15, 0.2) is 48.5 Å². The second-order valence-electron chi connectivity index (χ2n) is 5.47. The molecule has 98 valence electrons. The van der Waals surface area contributed by atoms with Crippen molar-refractivity contribution in [2.24, 2.45) is 0 Å². The first-order chi connectivity index (χ1) is 9.15. The number of hydrogen-bond donors (Lipinski definition) is 1. The zero-order chi connectivity index (χ0) is 13.3. The molecular weight excluding hydrogens is 347 g/mol. The SMILES string of the molecule is OC1(Cc2ccc(I)cc2)CCc2ccccc2C1. The van der Waals surface area contributed by atoms with E-state index in [-0.39, 0.29) is 0 Å². The highest BCUT2D eigenvalue weighted by molar-refractivity contribution is 14.1. The van der Waals surface area contributed by atoms with Crippen molar-refractivity contribution < 1.29 is 5.11 Å². The standard InChI is InChI=1S/C17H17IO/c18-16-7-5-13(6-8-16)11-17(19)10-9-14-3-1-2-4-15(14)12-17/h1-8,19H,9-12H2. The van der Waals surface area contributed by atoms with Crippen molar-refractivity contribution in [3.05, 3.63) is 68.8 Å². The molecule has 0 heterocycles. The molecule has 1 atom stereocenters. The predicted molar refractivity (Wildman–Crippen MR) is 86.3 cm³/mol. The smallest absolute Gasteiger partial charge is 0.0731 e. The Bertz CT molecular complexity index is 576. The normalized spacial score (nSPS) is 22.0. The Kier molecular flexibility index (Phi) is 3.63. The highest BCUT2D eigenvalue weighted by Crippen LogP contribution is 2.31. The van der Waals surface area contributed by atoms with Crippen LogP contribution < -0.4 is 0 Å². The van der Waals surface area contributed by atoms with Gasteiger partial charge in [-0.25, -0.2) is 0 Å². The number of halogens is 1. The monoisotopic (exact) mass is 364 g/mol. The van der Waals surface area contributed by atoms with Crippen LogP contribution in [0.1, 0.15) is 23.1 Å². The third-order valence-electron chi connectivity index (χ3n) is 3.94. The second kappa shape index (κ2) is 5.25. The number of aryl methyl sites for hydroxylation is 1. The Morgan fingerprint density at radius 3 is 2.42 bits per heavy atom. The van der Waals surface area contributed by atoms with Crippen LogP contribution in [0.5, 0.6) is 0 Å². The number of aliphatic hydroxyl groups is 1. The van der Waals surface area contributed by atoms with Crippen LogP contribution in [-0.2, 0) is 19.3 Å². The lowest BCUT2D eigenvalue weighted by molar-refractivity contribution is 0.0267. The minimum atomic E-state index is -0.582. The van der Waals surface area contributed by atoms with Gasteiger partial charge in [-0.2, -0.15) is 0 Å². The summed E-state index contributed by atoms with van der Waals surface area (Å²) in [6.45, 7) is 0. The van der Waals surface area contributed by atoms with Crippen molar-refractivity contribution in [3.63, 3.8) is 0 Å². The quantitative estimate of drug-likeness (QED) is 0.805. The molecule has 0 spiro atoms. The van der Waals surface area contributed by atoms with E-state index in [4.69, 9.17) is 0 Å². The highest BCUT2D eigenvalue weighted by Gasteiger charge is 2.31. The lowest BCUT2D eigenvalue weighted by Crippen LogP contribution is -2.38. The summed E-state index contributed by atoms with van der Waals surface area (Å²) in [6.07, 6.45) is 3.36. The van der Waals surface area contributed by atoms with Crippen LogP contribution in [0, 0.1) is 3.57 Å². The molecule has 3 rings (SSSR count). The molecular formula is C17H17IO. The summed E-state index contributed by atoms with van der Waals surface area (Å²) < 4.78 is 1.24. The summed E-state index contributed by atoms with van der Waals surface area (Å²) in [7, 11) is 0. The summed E-state index contributed by atoms with van der Waals surface area (Å²) >= 11 is 2.31. The van der Waals surface area contributed by atoms with Gasteiger partial charge in [-0.3, -0.25) is 0 Å². The Hall–Kier alpha value is -0.870. The van der Waals surface area contributed by atoms with Gasteiger partial charge in [-0.05, 0) is 64.3 Å². The van der Waals surface area contributed by atoms with E-state index in [0.29, 0.717) is 0 Å². The third kappa shape index (κ3) is 3.00. The molecule has 1 unspecified atom stereocenters. The number of hydrogen-bond acceptors (Lipinski definition) is 1. The molecule has 0 radical (unpaired) electrons. The van der Waals surface area contributed by atoms with Crippen molar-refractivity contribution in [1.82, 2.24) is 0 Å². The van der Waals surface area contributed by atoms with E-state index in [0.717, 1.165) is 25.7 Å². The van der Waals surface area contributed by atoms with Gasteiger partial charge in [0.25, 0.3) is 0 Å². The van der Waals surface area contributed by atoms with Gasteiger partial charge in [0.1, 0.15) is 0 Å². The molecule has 1 nitrogen and oxygen atoms in total. The van der Waals surface area contributed by atoms with Gasteiger partial charge >= 0.3 is 0 Å². The van der Waals surface area contributed by atoms with E-state index < -0.39 is 5.60 Å². The van der Waals surface area contributed by atoms with Crippen molar-refractivity contribution in [2.75, 3.05) is 0 Å². The maximum atomic E-state index is 10.8. The Balaban J connectivity index is 1.80. The van der Waals surface area contributed by atoms with Gasteiger partial charge in [-0.1, -0.05) is 36.4 Å². The molecule has 2 heteroatoms. The van der Waals surface area contributed by atoms with E-state index >= 15 is 0 Å². The van der Waals surface area contributed by atoms with Crippen LogP contribution in [0.3, 0.4) is 0 Å². The molecule has 0 aromatic heterocycles. The minimum absolute atomic E-state index is 0.582. The van der Waals surface area contributed by atoms with Gasteiger partial charge in [0.05, 0.1) is 5.60 Å². The van der Waals surface area contributed by atoms with E-state index in [1.54, 1.807) is 0 Å². The van der Waals surface area contributed by atoms with Crippen molar-refractivity contribution in [2.45, 2.75) is 31.3 Å². The van der Waals surface area contributed by atoms with Gasteiger partial charge in [0.2, 0.25) is 0 Å². The van der Waals surface area contributed by atoms with E-state index in [1.165, 1.54) is 20.3 Å². The second-order valence-corrected chi connectivity index (χ2v) is 6.72. The van der Waals surface area contributed by atoms with Gasteiger partial charge in [0.15, 0.2) is 0 Å². The van der Waals surface area contributed by atoms with Crippen LogP contribution in [0.4, 0.5) is 0 Å². The van der Waals surface area contributed by atoms with Gasteiger partial charge in [0, 0.05) is 16.4 Å². The fraction of sp³-hybridized carbons (Fsp3) is 0.294. The highest BCUT2D eigenvalue weighted by atomic mass is 127. The molecule has 1 aliphatic rings. The van der Waals surface area contributed by atoms with E-state index in [2.05, 4.69) is 71.1 Å². The van der Waals surface area contributed by atoms with Crippen molar-refractivity contribution in [1.29, 1.82) is 0 Å². The average molecular weight is 364 g/mol. The van der Waals surface area contributed by atoms with E-state index in [1.807, 2.05) is 0 Å². The maximum Gasteiger partial charge on any atom is 0.0731 e. The maximum absolute atomic E-state index is 10.8. The van der Waals surface area contributed by atoms with Gasteiger partial charge < -0.3 is 5.11 Å². The van der Waals surface area contributed by atoms with Crippen molar-refractivity contribution >= 4 is 22.6 Å². The number of rotatable bonds is 2.